The van der Waals surface area contributed by atoms with Gasteiger partial charge in [0.2, 0.25) is 11.8 Å². The number of nitrogens with one attached hydrogen (secondary N) is 1. The monoisotopic (exact) mass is 581 g/mol. The minimum atomic E-state index is -0.719. The Bertz CT molecular complexity index is 1960. The number of para-hydroxylation sites is 2. The highest BCUT2D eigenvalue weighted by Crippen LogP contribution is 2.39. The van der Waals surface area contributed by atoms with Crippen molar-refractivity contribution in [3.05, 3.63) is 121 Å². The zero-order valence-electron chi connectivity index (χ0n) is 24.5. The maximum atomic E-state index is 14.8. The number of benzene rings is 3. The van der Waals surface area contributed by atoms with E-state index in [2.05, 4.69) is 20.2 Å². The van der Waals surface area contributed by atoms with Crippen molar-refractivity contribution in [2.24, 2.45) is 0 Å². The molecule has 4 heterocycles. The highest BCUT2D eigenvalue weighted by molar-refractivity contribution is 6.07. The summed E-state index contributed by atoms with van der Waals surface area (Å²) in [6.45, 7) is 3.80. The summed E-state index contributed by atoms with van der Waals surface area (Å²) in [4.78, 5) is 40.0. The minimum absolute atomic E-state index is 0.116. The third-order valence-corrected chi connectivity index (χ3v) is 8.12. The van der Waals surface area contributed by atoms with E-state index in [-0.39, 0.29) is 24.4 Å². The van der Waals surface area contributed by atoms with Crippen LogP contribution in [0.2, 0.25) is 0 Å². The number of rotatable bonds is 7. The first-order valence-corrected chi connectivity index (χ1v) is 14.7. The molecule has 2 amide bonds. The van der Waals surface area contributed by atoms with Crippen LogP contribution >= 0.6 is 0 Å². The predicted octanol–water partition coefficient (Wildman–Crippen LogP) is 5.93. The van der Waals surface area contributed by atoms with E-state index >= 15 is 0 Å². The number of carbonyl (C=O) groups excluding carboxylic acids is 2. The summed E-state index contributed by atoms with van der Waals surface area (Å²) in [6.07, 6.45) is 5.67. The lowest BCUT2D eigenvalue weighted by Gasteiger charge is -2.31. The van der Waals surface area contributed by atoms with Crippen LogP contribution in [0.25, 0.3) is 28.0 Å². The topological polar surface area (TPSA) is 100 Å². The van der Waals surface area contributed by atoms with Crippen LogP contribution in [0.3, 0.4) is 0 Å². The normalized spacial score (nSPS) is 14.4. The smallest absolute Gasteiger partial charge is 0.247 e. The Morgan fingerprint density at radius 3 is 2.41 bits per heavy atom. The first kappa shape index (κ1) is 27.3. The van der Waals surface area contributed by atoms with E-state index in [1.165, 1.54) is 0 Å². The maximum Gasteiger partial charge on any atom is 0.247 e. The molecule has 3 aromatic heterocycles. The zero-order chi connectivity index (χ0) is 30.2. The minimum Gasteiger partial charge on any atom is -0.361 e. The molecule has 1 atom stereocenters. The third kappa shape index (κ3) is 4.72. The molecule has 44 heavy (non-hydrogen) atoms. The van der Waals surface area contributed by atoms with Gasteiger partial charge < -0.3 is 14.8 Å². The fraction of sp³-hybridized carbons (Fsp3) is 0.171. The summed E-state index contributed by atoms with van der Waals surface area (Å²) in [5.74, 6) is -0.0173. The molecule has 0 saturated carbocycles. The summed E-state index contributed by atoms with van der Waals surface area (Å²) in [7, 11) is 0. The molecule has 0 bridgehead atoms. The summed E-state index contributed by atoms with van der Waals surface area (Å²) in [5, 5.41) is 10.3. The fourth-order valence-corrected chi connectivity index (χ4v) is 6.12. The van der Waals surface area contributed by atoms with Crippen molar-refractivity contribution >= 4 is 34.1 Å². The largest absolute Gasteiger partial charge is 0.361 e. The summed E-state index contributed by atoms with van der Waals surface area (Å²) in [6, 6.07) is 29.0. The van der Waals surface area contributed by atoms with Crippen LogP contribution in [-0.2, 0) is 16.0 Å². The second-order valence-corrected chi connectivity index (χ2v) is 11.2. The van der Waals surface area contributed by atoms with E-state index in [1.54, 1.807) is 28.3 Å². The number of fused-ring (bicyclic) bond motifs is 4. The number of aromatic amines is 1. The molecule has 0 spiro atoms. The van der Waals surface area contributed by atoms with Crippen LogP contribution in [-0.4, -0.2) is 49.1 Å². The number of carbonyl (C=O) groups is 2. The highest BCUT2D eigenvalue weighted by atomic mass is 16.2. The molecule has 0 saturated heterocycles. The first-order valence-electron chi connectivity index (χ1n) is 14.7. The van der Waals surface area contributed by atoms with E-state index in [9.17, 15) is 9.59 Å². The van der Waals surface area contributed by atoms with E-state index in [1.807, 2.05) is 110 Å². The molecule has 218 valence electrons. The molecule has 1 aliphatic rings. The summed E-state index contributed by atoms with van der Waals surface area (Å²) < 4.78 is 1.93. The number of pyridine rings is 1. The molecule has 9 heteroatoms. The van der Waals surface area contributed by atoms with E-state index in [0.29, 0.717) is 29.4 Å². The average Bonchev–Trinajstić information content (AvgIpc) is 3.65. The van der Waals surface area contributed by atoms with Gasteiger partial charge in [-0.25, -0.2) is 0 Å². The molecule has 1 aliphatic heterocycles. The van der Waals surface area contributed by atoms with Gasteiger partial charge in [0.05, 0.1) is 17.6 Å². The standard InChI is InChI=1S/C35H31N7O2/c1-23(2)41(26-13-7-4-8-14-26)32(43)22-40-30-17-18-36-21-31(30)42-33(24-11-5-3-6-12-24)38-39-34(42)28(35(40)44)19-25-20-37-29-16-10-9-15-27(25)29/h3-18,20-21,23,28,37H,19,22H2,1-2H3. The lowest BCUT2D eigenvalue weighted by atomic mass is 9.96. The van der Waals surface area contributed by atoms with Crippen LogP contribution < -0.4 is 9.80 Å². The van der Waals surface area contributed by atoms with Crippen molar-refractivity contribution in [2.45, 2.75) is 32.2 Å². The van der Waals surface area contributed by atoms with E-state index < -0.39 is 5.92 Å². The summed E-state index contributed by atoms with van der Waals surface area (Å²) in [5.41, 5.74) is 4.84. The van der Waals surface area contributed by atoms with Gasteiger partial charge in [-0.05, 0) is 50.1 Å². The number of H-pyrrole nitrogens is 1. The van der Waals surface area contributed by atoms with Crippen molar-refractivity contribution in [3.63, 3.8) is 0 Å². The molecule has 9 nitrogen and oxygen atoms in total. The van der Waals surface area contributed by atoms with Gasteiger partial charge in [-0.3, -0.25) is 19.1 Å². The fourth-order valence-electron chi connectivity index (χ4n) is 6.12. The van der Waals surface area contributed by atoms with Gasteiger partial charge in [0.25, 0.3) is 0 Å². The SMILES string of the molecule is CC(C)N(C(=O)CN1C(=O)C(Cc2c[nH]c3ccccc23)c2nnc(-c3ccccc3)n2-c2cnccc21)c1ccccc1. The molecule has 3 aromatic carbocycles. The van der Waals surface area contributed by atoms with Gasteiger partial charge in [0.1, 0.15) is 12.5 Å². The molecule has 1 unspecified atom stereocenters. The molecule has 0 aliphatic carbocycles. The number of hydrogen-bond acceptors (Lipinski definition) is 5. The van der Waals surface area contributed by atoms with Gasteiger partial charge in [-0.2, -0.15) is 0 Å². The van der Waals surface area contributed by atoms with Gasteiger partial charge in [-0.1, -0.05) is 66.7 Å². The van der Waals surface area contributed by atoms with Crippen molar-refractivity contribution < 1.29 is 9.59 Å². The Labute approximate surface area is 254 Å². The van der Waals surface area contributed by atoms with E-state index in [0.717, 1.165) is 27.7 Å². The molecule has 6 aromatic rings. The number of hydrogen-bond donors (Lipinski definition) is 1. The first-order chi connectivity index (χ1) is 21.5. The Kier molecular flexibility index (Phi) is 6.98. The van der Waals surface area contributed by atoms with Crippen LogP contribution in [0, 0.1) is 0 Å². The highest BCUT2D eigenvalue weighted by Gasteiger charge is 2.39. The quantitative estimate of drug-likeness (QED) is 0.252. The predicted molar refractivity (Wildman–Crippen MR) is 171 cm³/mol. The van der Waals surface area contributed by atoms with Crippen molar-refractivity contribution in [2.75, 3.05) is 16.3 Å². The van der Waals surface area contributed by atoms with Crippen LogP contribution in [0.15, 0.2) is 110 Å². The molecular formula is C35H31N7O2. The Morgan fingerprint density at radius 2 is 1.64 bits per heavy atom. The van der Waals surface area contributed by atoms with Crippen LogP contribution in [0.5, 0.6) is 0 Å². The van der Waals surface area contributed by atoms with Gasteiger partial charge in [0, 0.05) is 40.6 Å². The van der Waals surface area contributed by atoms with E-state index in [4.69, 9.17) is 0 Å². The second-order valence-electron chi connectivity index (χ2n) is 11.2. The van der Waals surface area contributed by atoms with Crippen LogP contribution in [0.1, 0.15) is 31.2 Å². The van der Waals surface area contributed by atoms with Crippen molar-refractivity contribution in [1.29, 1.82) is 0 Å². The Morgan fingerprint density at radius 1 is 0.909 bits per heavy atom. The Balaban J connectivity index is 1.38. The molecule has 0 fully saturated rings. The number of anilines is 2. The number of nitrogens with zero attached hydrogens (tertiary/aromatic N) is 6. The lowest BCUT2D eigenvalue weighted by Crippen LogP contribution is -2.47. The summed E-state index contributed by atoms with van der Waals surface area (Å²) >= 11 is 0. The van der Waals surface area contributed by atoms with Crippen LogP contribution in [0.4, 0.5) is 11.4 Å². The van der Waals surface area contributed by atoms with Crippen molar-refractivity contribution in [3.8, 4) is 17.1 Å². The molecule has 0 radical (unpaired) electrons. The lowest BCUT2D eigenvalue weighted by molar-refractivity contribution is -0.123. The van der Waals surface area contributed by atoms with Gasteiger partial charge in [0.15, 0.2) is 11.6 Å². The van der Waals surface area contributed by atoms with Gasteiger partial charge >= 0.3 is 0 Å². The third-order valence-electron chi connectivity index (χ3n) is 8.12. The molecule has 7 rings (SSSR count). The zero-order valence-corrected chi connectivity index (χ0v) is 24.5. The number of amides is 2. The average molecular weight is 582 g/mol. The maximum absolute atomic E-state index is 14.8. The number of aromatic nitrogens is 5. The molecule has 1 N–H and O–H groups in total. The Hall–Kier alpha value is -5.57. The van der Waals surface area contributed by atoms with Crippen molar-refractivity contribution in [1.82, 2.24) is 24.7 Å². The molecular weight excluding hydrogens is 550 g/mol. The second kappa shape index (κ2) is 11.3. The van der Waals surface area contributed by atoms with Gasteiger partial charge in [-0.15, -0.1) is 10.2 Å².